The predicted molar refractivity (Wildman–Crippen MR) is 73.6 cm³/mol. The van der Waals surface area contributed by atoms with E-state index in [1.807, 2.05) is 31.2 Å². The molecule has 1 aromatic heterocycles. The monoisotopic (exact) mass is 253 g/mol. The van der Waals surface area contributed by atoms with Crippen molar-refractivity contribution in [3.8, 4) is 6.07 Å². The van der Waals surface area contributed by atoms with E-state index in [4.69, 9.17) is 5.26 Å². The van der Waals surface area contributed by atoms with E-state index in [9.17, 15) is 4.79 Å². The van der Waals surface area contributed by atoms with Gasteiger partial charge in [0.15, 0.2) is 0 Å². The quantitative estimate of drug-likeness (QED) is 0.841. The summed E-state index contributed by atoms with van der Waals surface area (Å²) in [6.45, 7) is 2.97. The molecular weight excluding hydrogens is 238 g/mol. The largest absolute Gasteiger partial charge is 0.338 e. The molecule has 0 aliphatic carbocycles. The van der Waals surface area contributed by atoms with E-state index in [0.29, 0.717) is 25.1 Å². The fraction of sp³-hybridized carbons (Fsp3) is 0.267. The molecule has 0 aliphatic rings. The van der Waals surface area contributed by atoms with Crippen LogP contribution in [-0.4, -0.2) is 28.9 Å². The van der Waals surface area contributed by atoms with E-state index in [1.54, 1.807) is 17.2 Å². The summed E-state index contributed by atoms with van der Waals surface area (Å²) in [4.78, 5) is 18.4. The van der Waals surface area contributed by atoms with Crippen molar-refractivity contribution < 1.29 is 4.79 Å². The number of aromatic nitrogens is 1. The molecule has 0 aliphatic heterocycles. The number of nitriles is 1. The Morgan fingerprint density at radius 3 is 2.89 bits per heavy atom. The van der Waals surface area contributed by atoms with Gasteiger partial charge in [0.2, 0.25) is 0 Å². The van der Waals surface area contributed by atoms with E-state index in [2.05, 4.69) is 11.1 Å². The van der Waals surface area contributed by atoms with Gasteiger partial charge >= 0.3 is 0 Å². The number of fused-ring (bicyclic) bond motifs is 1. The highest BCUT2D eigenvalue weighted by molar-refractivity contribution is 6.05. The number of hydrogen-bond acceptors (Lipinski definition) is 3. The topological polar surface area (TPSA) is 57.0 Å². The summed E-state index contributed by atoms with van der Waals surface area (Å²) in [6, 6.07) is 11.4. The fourth-order valence-electron chi connectivity index (χ4n) is 2.04. The molecule has 1 aromatic carbocycles. The van der Waals surface area contributed by atoms with E-state index < -0.39 is 0 Å². The first-order valence-corrected chi connectivity index (χ1v) is 6.28. The van der Waals surface area contributed by atoms with Crippen LogP contribution in [-0.2, 0) is 0 Å². The molecule has 2 rings (SSSR count). The molecule has 0 spiro atoms. The van der Waals surface area contributed by atoms with Crippen molar-refractivity contribution in [2.75, 3.05) is 13.1 Å². The number of pyridine rings is 1. The highest BCUT2D eigenvalue weighted by Gasteiger charge is 2.16. The molecule has 0 unspecified atom stereocenters. The molecule has 0 bridgehead atoms. The minimum atomic E-state index is -0.0450. The van der Waals surface area contributed by atoms with E-state index >= 15 is 0 Å². The number of amides is 1. The standard InChI is InChI=1S/C15H15N3O/c1-2-18(11-5-9-16)15(19)13-8-10-17-14-7-4-3-6-12(13)14/h3-4,6-8,10H,2,5,11H2,1H3. The number of para-hydroxylation sites is 1. The summed E-state index contributed by atoms with van der Waals surface area (Å²) >= 11 is 0. The second-order valence-corrected chi connectivity index (χ2v) is 4.17. The second kappa shape index (κ2) is 5.96. The average Bonchev–Trinajstić information content (AvgIpc) is 2.47. The molecule has 2 aromatic rings. The smallest absolute Gasteiger partial charge is 0.254 e. The van der Waals surface area contributed by atoms with Crippen molar-refractivity contribution in [3.05, 3.63) is 42.1 Å². The molecule has 4 heteroatoms. The minimum absolute atomic E-state index is 0.0450. The Morgan fingerprint density at radius 1 is 1.37 bits per heavy atom. The van der Waals surface area contributed by atoms with Gasteiger partial charge in [0.1, 0.15) is 0 Å². The van der Waals surface area contributed by atoms with Crippen LogP contribution in [0.4, 0.5) is 0 Å². The van der Waals surface area contributed by atoms with E-state index in [1.165, 1.54) is 0 Å². The van der Waals surface area contributed by atoms with Crippen LogP contribution in [0.5, 0.6) is 0 Å². The summed E-state index contributed by atoms with van der Waals surface area (Å²) in [7, 11) is 0. The van der Waals surface area contributed by atoms with Crippen molar-refractivity contribution in [2.45, 2.75) is 13.3 Å². The lowest BCUT2D eigenvalue weighted by Crippen LogP contribution is -2.31. The van der Waals surface area contributed by atoms with Gasteiger partial charge in [-0.3, -0.25) is 9.78 Å². The van der Waals surface area contributed by atoms with Crippen LogP contribution in [0.1, 0.15) is 23.7 Å². The van der Waals surface area contributed by atoms with Crippen molar-refractivity contribution in [3.63, 3.8) is 0 Å². The molecule has 0 radical (unpaired) electrons. The Kier molecular flexibility index (Phi) is 4.09. The summed E-state index contributed by atoms with van der Waals surface area (Å²) in [5.41, 5.74) is 1.45. The lowest BCUT2D eigenvalue weighted by molar-refractivity contribution is 0.0769. The van der Waals surface area contributed by atoms with E-state index in [0.717, 1.165) is 10.9 Å². The summed E-state index contributed by atoms with van der Waals surface area (Å²) in [5, 5.41) is 9.49. The van der Waals surface area contributed by atoms with Crippen molar-refractivity contribution in [1.29, 1.82) is 5.26 Å². The minimum Gasteiger partial charge on any atom is -0.338 e. The zero-order valence-corrected chi connectivity index (χ0v) is 10.8. The van der Waals surface area contributed by atoms with Crippen LogP contribution in [0.15, 0.2) is 36.5 Å². The van der Waals surface area contributed by atoms with Crippen LogP contribution < -0.4 is 0 Å². The number of benzene rings is 1. The molecule has 96 valence electrons. The first-order chi connectivity index (χ1) is 9.27. The van der Waals surface area contributed by atoms with Crippen molar-refractivity contribution >= 4 is 16.8 Å². The van der Waals surface area contributed by atoms with Gasteiger partial charge in [0.05, 0.1) is 23.6 Å². The number of hydrogen-bond donors (Lipinski definition) is 0. The van der Waals surface area contributed by atoms with Gasteiger partial charge in [-0.25, -0.2) is 0 Å². The number of carbonyl (C=O) groups is 1. The number of rotatable bonds is 4. The van der Waals surface area contributed by atoms with Gasteiger partial charge in [0.25, 0.3) is 5.91 Å². The Labute approximate surface area is 112 Å². The third-order valence-electron chi connectivity index (χ3n) is 3.04. The summed E-state index contributed by atoms with van der Waals surface area (Å²) < 4.78 is 0. The highest BCUT2D eigenvalue weighted by Crippen LogP contribution is 2.18. The van der Waals surface area contributed by atoms with Gasteiger partial charge in [-0.2, -0.15) is 5.26 Å². The molecule has 19 heavy (non-hydrogen) atoms. The first kappa shape index (κ1) is 13.0. The van der Waals surface area contributed by atoms with E-state index in [-0.39, 0.29) is 5.91 Å². The molecule has 0 saturated heterocycles. The Bertz CT molecular complexity index is 625. The first-order valence-electron chi connectivity index (χ1n) is 6.28. The maximum Gasteiger partial charge on any atom is 0.254 e. The van der Waals surface area contributed by atoms with Crippen LogP contribution in [0.3, 0.4) is 0 Å². The zero-order chi connectivity index (χ0) is 13.7. The van der Waals surface area contributed by atoms with Gasteiger partial charge < -0.3 is 4.90 Å². The highest BCUT2D eigenvalue weighted by atomic mass is 16.2. The number of nitrogens with zero attached hydrogens (tertiary/aromatic N) is 3. The van der Waals surface area contributed by atoms with Gasteiger partial charge in [0, 0.05) is 24.7 Å². The molecule has 0 atom stereocenters. The molecule has 0 saturated carbocycles. The summed E-state index contributed by atoms with van der Waals surface area (Å²) in [5.74, 6) is -0.0450. The fourth-order valence-corrected chi connectivity index (χ4v) is 2.04. The van der Waals surface area contributed by atoms with Gasteiger partial charge in [-0.15, -0.1) is 0 Å². The third kappa shape index (κ3) is 2.71. The summed E-state index contributed by atoms with van der Waals surface area (Å²) in [6.07, 6.45) is 2.00. The van der Waals surface area contributed by atoms with Crippen LogP contribution in [0, 0.1) is 11.3 Å². The van der Waals surface area contributed by atoms with Crippen molar-refractivity contribution in [1.82, 2.24) is 9.88 Å². The SMILES string of the molecule is CCN(CCC#N)C(=O)c1ccnc2ccccc12. The molecule has 4 nitrogen and oxygen atoms in total. The normalized spacial score (nSPS) is 10.1. The molecule has 0 fully saturated rings. The Balaban J connectivity index is 2.38. The second-order valence-electron chi connectivity index (χ2n) is 4.17. The zero-order valence-electron chi connectivity index (χ0n) is 10.8. The maximum absolute atomic E-state index is 12.5. The van der Waals surface area contributed by atoms with Gasteiger partial charge in [-0.05, 0) is 19.1 Å². The van der Waals surface area contributed by atoms with Gasteiger partial charge in [-0.1, -0.05) is 18.2 Å². The lowest BCUT2D eigenvalue weighted by Gasteiger charge is -2.20. The molecule has 1 amide bonds. The van der Waals surface area contributed by atoms with Crippen molar-refractivity contribution in [2.24, 2.45) is 0 Å². The Morgan fingerprint density at radius 2 is 2.16 bits per heavy atom. The molecule has 0 N–H and O–H groups in total. The maximum atomic E-state index is 12.5. The molecule has 1 heterocycles. The number of carbonyl (C=O) groups excluding carboxylic acids is 1. The third-order valence-corrected chi connectivity index (χ3v) is 3.04. The predicted octanol–water partition coefficient (Wildman–Crippen LogP) is 2.61. The molecular formula is C15H15N3O. The Hall–Kier alpha value is -2.41. The van der Waals surface area contributed by atoms with Crippen LogP contribution in [0.2, 0.25) is 0 Å². The average molecular weight is 253 g/mol. The van der Waals surface area contributed by atoms with Crippen LogP contribution in [0.25, 0.3) is 10.9 Å². The lowest BCUT2D eigenvalue weighted by atomic mass is 10.1. The van der Waals surface area contributed by atoms with Crippen LogP contribution >= 0.6 is 0 Å².